The van der Waals surface area contributed by atoms with Crippen molar-refractivity contribution in [3.05, 3.63) is 52.1 Å². The third-order valence-electron chi connectivity index (χ3n) is 3.50. The molecule has 2 heterocycles. The van der Waals surface area contributed by atoms with Gasteiger partial charge >= 0.3 is 6.18 Å². The standard InChI is InChI=1S/C16H11Cl2F3N4OS/c1-8(14(26)22-11-4-2-3-10(17)6-11)27-15-24-23-13-12(18)5-9(7-25(13)15)16(19,20)21/h2-8H,1H3,(H,22,26). The second-order valence-electron chi connectivity index (χ2n) is 5.51. The first kappa shape index (κ1) is 19.8. The summed E-state index contributed by atoms with van der Waals surface area (Å²) >= 11 is 12.7. The summed E-state index contributed by atoms with van der Waals surface area (Å²) in [6.07, 6.45) is -3.72. The minimum absolute atomic E-state index is 0.0783. The minimum Gasteiger partial charge on any atom is -0.325 e. The van der Waals surface area contributed by atoms with E-state index in [1.165, 1.54) is 0 Å². The summed E-state index contributed by atoms with van der Waals surface area (Å²) in [5, 5.41) is 10.1. The number of carbonyl (C=O) groups is 1. The Balaban J connectivity index is 1.83. The number of alkyl halides is 3. The lowest BCUT2D eigenvalue weighted by molar-refractivity contribution is -0.137. The second kappa shape index (κ2) is 7.57. The van der Waals surface area contributed by atoms with E-state index in [2.05, 4.69) is 15.5 Å². The molecule has 0 aliphatic carbocycles. The molecular formula is C16H11Cl2F3N4OS. The van der Waals surface area contributed by atoms with Gasteiger partial charge in [-0.2, -0.15) is 13.2 Å². The molecule has 0 saturated carbocycles. The van der Waals surface area contributed by atoms with E-state index >= 15 is 0 Å². The maximum atomic E-state index is 13.0. The molecule has 0 aliphatic rings. The third-order valence-corrected chi connectivity index (χ3v) is 5.07. The first-order valence-electron chi connectivity index (χ1n) is 7.49. The first-order chi connectivity index (χ1) is 12.6. The highest BCUT2D eigenvalue weighted by molar-refractivity contribution is 8.00. The Bertz CT molecular complexity index is 1010. The fraction of sp³-hybridized carbons (Fsp3) is 0.188. The number of rotatable bonds is 4. The van der Waals surface area contributed by atoms with Crippen molar-refractivity contribution in [1.29, 1.82) is 0 Å². The van der Waals surface area contributed by atoms with Crippen LogP contribution >= 0.6 is 35.0 Å². The van der Waals surface area contributed by atoms with Gasteiger partial charge in [-0.05, 0) is 31.2 Å². The Morgan fingerprint density at radius 1 is 1.26 bits per heavy atom. The van der Waals surface area contributed by atoms with E-state index in [0.29, 0.717) is 10.7 Å². The lowest BCUT2D eigenvalue weighted by Crippen LogP contribution is -2.22. The molecule has 1 N–H and O–H groups in total. The Morgan fingerprint density at radius 3 is 2.67 bits per heavy atom. The molecule has 3 rings (SSSR count). The molecule has 1 aromatic carbocycles. The largest absolute Gasteiger partial charge is 0.417 e. The molecular weight excluding hydrogens is 424 g/mol. The van der Waals surface area contributed by atoms with Crippen molar-refractivity contribution in [2.45, 2.75) is 23.5 Å². The molecule has 0 spiro atoms. The van der Waals surface area contributed by atoms with E-state index in [9.17, 15) is 18.0 Å². The molecule has 3 aromatic rings. The monoisotopic (exact) mass is 434 g/mol. The van der Waals surface area contributed by atoms with Crippen LogP contribution in [0.1, 0.15) is 12.5 Å². The Kier molecular flexibility index (Phi) is 5.55. The van der Waals surface area contributed by atoms with Crippen LogP contribution in [0.2, 0.25) is 10.0 Å². The molecule has 0 bridgehead atoms. The number of carbonyl (C=O) groups excluding carboxylic acids is 1. The van der Waals surface area contributed by atoms with Gasteiger partial charge in [-0.1, -0.05) is 41.0 Å². The van der Waals surface area contributed by atoms with Crippen LogP contribution in [0.15, 0.2) is 41.7 Å². The molecule has 5 nitrogen and oxygen atoms in total. The minimum atomic E-state index is -4.57. The number of thioether (sulfide) groups is 1. The third kappa shape index (κ3) is 4.48. The van der Waals surface area contributed by atoms with Crippen LogP contribution in [0.3, 0.4) is 0 Å². The number of aromatic nitrogens is 3. The summed E-state index contributed by atoms with van der Waals surface area (Å²) in [6.45, 7) is 1.60. The maximum Gasteiger partial charge on any atom is 0.417 e. The highest BCUT2D eigenvalue weighted by atomic mass is 35.5. The van der Waals surface area contributed by atoms with Crippen molar-refractivity contribution in [3.8, 4) is 0 Å². The number of fused-ring (bicyclic) bond motifs is 1. The van der Waals surface area contributed by atoms with Gasteiger partial charge in [-0.25, -0.2) is 0 Å². The highest BCUT2D eigenvalue weighted by Gasteiger charge is 2.32. The molecule has 2 aromatic heterocycles. The van der Waals surface area contributed by atoms with Crippen molar-refractivity contribution in [2.24, 2.45) is 0 Å². The van der Waals surface area contributed by atoms with Crippen molar-refractivity contribution in [1.82, 2.24) is 14.6 Å². The van der Waals surface area contributed by atoms with Gasteiger partial charge < -0.3 is 5.32 Å². The predicted molar refractivity (Wildman–Crippen MR) is 98.4 cm³/mol. The average molecular weight is 435 g/mol. The van der Waals surface area contributed by atoms with Crippen LogP contribution < -0.4 is 5.32 Å². The fourth-order valence-corrected chi connectivity index (χ4v) is 3.45. The number of hydrogen-bond acceptors (Lipinski definition) is 4. The fourth-order valence-electron chi connectivity index (χ4n) is 2.19. The van der Waals surface area contributed by atoms with Gasteiger partial charge in [-0.3, -0.25) is 9.20 Å². The predicted octanol–water partition coefficient (Wildman–Crippen LogP) is 5.17. The normalized spacial score (nSPS) is 13.0. The lowest BCUT2D eigenvalue weighted by atomic mass is 10.3. The zero-order valence-corrected chi connectivity index (χ0v) is 15.9. The Labute approximate surface area is 165 Å². The van der Waals surface area contributed by atoms with E-state index in [4.69, 9.17) is 23.2 Å². The molecule has 27 heavy (non-hydrogen) atoms. The molecule has 0 fully saturated rings. The number of halogens is 5. The van der Waals surface area contributed by atoms with E-state index in [0.717, 1.165) is 28.4 Å². The van der Waals surface area contributed by atoms with E-state index in [-0.39, 0.29) is 21.7 Å². The molecule has 1 unspecified atom stereocenters. The van der Waals surface area contributed by atoms with Crippen LogP contribution in [-0.2, 0) is 11.0 Å². The molecule has 1 amide bonds. The highest BCUT2D eigenvalue weighted by Crippen LogP contribution is 2.34. The van der Waals surface area contributed by atoms with Crippen molar-refractivity contribution >= 4 is 52.2 Å². The average Bonchev–Trinajstić information content (AvgIpc) is 2.97. The van der Waals surface area contributed by atoms with E-state index in [1.807, 2.05) is 0 Å². The number of amides is 1. The zero-order chi connectivity index (χ0) is 19.8. The Morgan fingerprint density at radius 2 is 2.00 bits per heavy atom. The summed E-state index contributed by atoms with van der Waals surface area (Å²) < 4.78 is 40.1. The number of benzene rings is 1. The van der Waals surface area contributed by atoms with Gasteiger partial charge in [0.25, 0.3) is 0 Å². The van der Waals surface area contributed by atoms with Crippen LogP contribution in [0.4, 0.5) is 18.9 Å². The van der Waals surface area contributed by atoms with Gasteiger partial charge in [0, 0.05) is 16.9 Å². The number of nitrogens with zero attached hydrogens (tertiary/aromatic N) is 3. The molecule has 142 valence electrons. The van der Waals surface area contributed by atoms with Crippen LogP contribution in [0, 0.1) is 0 Å². The van der Waals surface area contributed by atoms with Gasteiger partial charge in [-0.15, -0.1) is 10.2 Å². The summed E-state index contributed by atoms with van der Waals surface area (Å²) in [7, 11) is 0. The van der Waals surface area contributed by atoms with Crippen molar-refractivity contribution in [2.75, 3.05) is 5.32 Å². The molecule has 0 radical (unpaired) electrons. The zero-order valence-electron chi connectivity index (χ0n) is 13.6. The maximum absolute atomic E-state index is 13.0. The number of nitrogens with one attached hydrogen (secondary N) is 1. The molecule has 11 heteroatoms. The molecule has 0 aliphatic heterocycles. The van der Waals surface area contributed by atoms with Crippen LogP contribution in [-0.4, -0.2) is 25.8 Å². The number of hydrogen-bond donors (Lipinski definition) is 1. The summed E-state index contributed by atoms with van der Waals surface area (Å²) in [6, 6.07) is 7.39. The van der Waals surface area contributed by atoms with Crippen molar-refractivity contribution < 1.29 is 18.0 Å². The first-order valence-corrected chi connectivity index (χ1v) is 9.13. The van der Waals surface area contributed by atoms with Gasteiger partial charge in [0.05, 0.1) is 15.8 Å². The van der Waals surface area contributed by atoms with Crippen LogP contribution in [0.5, 0.6) is 0 Å². The van der Waals surface area contributed by atoms with E-state index < -0.39 is 17.0 Å². The quantitative estimate of drug-likeness (QED) is 0.575. The topological polar surface area (TPSA) is 59.3 Å². The van der Waals surface area contributed by atoms with Crippen LogP contribution in [0.25, 0.3) is 5.65 Å². The van der Waals surface area contributed by atoms with Gasteiger partial charge in [0.1, 0.15) is 0 Å². The molecule has 0 saturated heterocycles. The second-order valence-corrected chi connectivity index (χ2v) is 7.66. The van der Waals surface area contributed by atoms with E-state index in [1.54, 1.807) is 31.2 Å². The van der Waals surface area contributed by atoms with Gasteiger partial charge in [0.2, 0.25) is 5.91 Å². The SMILES string of the molecule is CC(Sc1nnc2c(Cl)cc(C(F)(F)F)cn12)C(=O)Nc1cccc(Cl)c1. The Hall–Kier alpha value is -1.97. The van der Waals surface area contributed by atoms with Gasteiger partial charge in [0.15, 0.2) is 10.8 Å². The summed E-state index contributed by atoms with van der Waals surface area (Å²) in [5.74, 6) is -0.364. The van der Waals surface area contributed by atoms with Crippen molar-refractivity contribution in [3.63, 3.8) is 0 Å². The number of pyridine rings is 1. The lowest BCUT2D eigenvalue weighted by Gasteiger charge is -2.12. The smallest absolute Gasteiger partial charge is 0.325 e. The number of anilines is 1. The summed E-state index contributed by atoms with van der Waals surface area (Å²) in [5.41, 5.74) is -0.347. The molecule has 1 atom stereocenters. The summed E-state index contributed by atoms with van der Waals surface area (Å²) in [4.78, 5) is 12.3.